The van der Waals surface area contributed by atoms with E-state index < -0.39 is 0 Å². The molecule has 0 aliphatic carbocycles. The standard InChI is InChI=1S/C19H22N4O2/c20-10-17-9-16(12-21-17)19(25)22-11-14-1-3-18(4-2-14)23-7-5-15(13-24)6-8-23/h1-4,9,12,15,21,24H,5-8,11,13H2,(H,22,25). The summed E-state index contributed by atoms with van der Waals surface area (Å²) in [4.78, 5) is 17.1. The van der Waals surface area contributed by atoms with E-state index in [0.29, 0.717) is 23.7 Å². The fraction of sp³-hybridized carbons (Fsp3) is 0.368. The first-order valence-corrected chi connectivity index (χ1v) is 8.51. The molecule has 0 saturated carbocycles. The van der Waals surface area contributed by atoms with Crippen LogP contribution in [0.1, 0.15) is 34.5 Å². The minimum Gasteiger partial charge on any atom is -0.396 e. The molecule has 1 aliphatic heterocycles. The summed E-state index contributed by atoms with van der Waals surface area (Å²) in [6, 6.07) is 11.7. The van der Waals surface area contributed by atoms with Crippen LogP contribution in [0.2, 0.25) is 0 Å². The SMILES string of the molecule is N#Cc1cc(C(=O)NCc2ccc(N3CCC(CO)CC3)cc2)c[nH]1. The fourth-order valence-electron chi connectivity index (χ4n) is 3.07. The van der Waals surface area contributed by atoms with Gasteiger partial charge in [-0.15, -0.1) is 0 Å². The van der Waals surface area contributed by atoms with Gasteiger partial charge in [0.05, 0.1) is 5.56 Å². The molecule has 1 aromatic heterocycles. The van der Waals surface area contributed by atoms with Crippen LogP contribution in [0.15, 0.2) is 36.5 Å². The van der Waals surface area contributed by atoms with Crippen molar-refractivity contribution >= 4 is 11.6 Å². The lowest BCUT2D eigenvalue weighted by Gasteiger charge is -2.33. The van der Waals surface area contributed by atoms with Gasteiger partial charge >= 0.3 is 0 Å². The molecule has 0 bridgehead atoms. The van der Waals surface area contributed by atoms with Crippen molar-refractivity contribution in [1.82, 2.24) is 10.3 Å². The highest BCUT2D eigenvalue weighted by Gasteiger charge is 2.18. The van der Waals surface area contributed by atoms with Gasteiger partial charge in [0.1, 0.15) is 11.8 Å². The summed E-state index contributed by atoms with van der Waals surface area (Å²) in [5.74, 6) is 0.230. The van der Waals surface area contributed by atoms with Crippen LogP contribution in [0.4, 0.5) is 5.69 Å². The zero-order valence-electron chi connectivity index (χ0n) is 14.0. The average Bonchev–Trinajstić information content (AvgIpc) is 3.16. The molecule has 1 amide bonds. The number of hydrogen-bond acceptors (Lipinski definition) is 4. The molecule has 25 heavy (non-hydrogen) atoms. The van der Waals surface area contributed by atoms with E-state index in [1.165, 1.54) is 18.0 Å². The van der Waals surface area contributed by atoms with Crippen molar-refractivity contribution in [3.05, 3.63) is 53.3 Å². The van der Waals surface area contributed by atoms with Gasteiger partial charge in [-0.25, -0.2) is 0 Å². The van der Waals surface area contributed by atoms with Crippen molar-refractivity contribution in [1.29, 1.82) is 5.26 Å². The summed E-state index contributed by atoms with van der Waals surface area (Å²) in [7, 11) is 0. The maximum Gasteiger partial charge on any atom is 0.253 e. The number of nitrogens with zero attached hydrogens (tertiary/aromatic N) is 2. The van der Waals surface area contributed by atoms with Crippen LogP contribution in [0.25, 0.3) is 0 Å². The van der Waals surface area contributed by atoms with Crippen LogP contribution in [0, 0.1) is 17.2 Å². The molecule has 0 atom stereocenters. The Kier molecular flexibility index (Phi) is 5.36. The number of carbonyl (C=O) groups is 1. The van der Waals surface area contributed by atoms with Crippen LogP contribution in [0.3, 0.4) is 0 Å². The van der Waals surface area contributed by atoms with Gasteiger partial charge in [0.2, 0.25) is 0 Å². The van der Waals surface area contributed by atoms with Gasteiger partial charge in [0.25, 0.3) is 5.91 Å². The van der Waals surface area contributed by atoms with Crippen molar-refractivity contribution in [3.63, 3.8) is 0 Å². The quantitative estimate of drug-likeness (QED) is 0.778. The molecule has 1 fully saturated rings. The highest BCUT2D eigenvalue weighted by Crippen LogP contribution is 2.23. The lowest BCUT2D eigenvalue weighted by Crippen LogP contribution is -2.34. The number of aromatic nitrogens is 1. The molecule has 1 aliphatic rings. The Morgan fingerprint density at radius 2 is 2.04 bits per heavy atom. The van der Waals surface area contributed by atoms with Gasteiger partial charge in [0.15, 0.2) is 0 Å². The Morgan fingerprint density at radius 1 is 1.32 bits per heavy atom. The van der Waals surface area contributed by atoms with Gasteiger partial charge in [-0.3, -0.25) is 4.79 Å². The predicted octanol–water partition coefficient (Wildman–Crippen LogP) is 2.03. The van der Waals surface area contributed by atoms with E-state index in [1.54, 1.807) is 0 Å². The van der Waals surface area contributed by atoms with Crippen molar-refractivity contribution in [2.24, 2.45) is 5.92 Å². The number of aliphatic hydroxyl groups excluding tert-OH is 1. The van der Waals surface area contributed by atoms with E-state index >= 15 is 0 Å². The first-order chi connectivity index (χ1) is 12.2. The van der Waals surface area contributed by atoms with Gasteiger partial charge in [-0.1, -0.05) is 12.1 Å². The molecule has 6 heteroatoms. The van der Waals surface area contributed by atoms with Crippen LogP contribution >= 0.6 is 0 Å². The Hall–Kier alpha value is -2.78. The van der Waals surface area contributed by atoms with Gasteiger partial charge in [0, 0.05) is 38.1 Å². The number of nitrogens with one attached hydrogen (secondary N) is 2. The highest BCUT2D eigenvalue weighted by molar-refractivity contribution is 5.94. The van der Waals surface area contributed by atoms with Crippen molar-refractivity contribution in [3.8, 4) is 6.07 Å². The first kappa shape index (κ1) is 17.1. The number of piperidine rings is 1. The summed E-state index contributed by atoms with van der Waals surface area (Å²) in [5, 5.41) is 20.8. The second-order valence-electron chi connectivity index (χ2n) is 6.38. The van der Waals surface area contributed by atoms with Gasteiger partial charge in [-0.2, -0.15) is 5.26 Å². The minimum absolute atomic E-state index is 0.201. The molecule has 0 unspecified atom stereocenters. The van der Waals surface area contributed by atoms with Gasteiger partial charge < -0.3 is 20.3 Å². The number of aliphatic hydroxyl groups is 1. The molecule has 0 radical (unpaired) electrons. The maximum absolute atomic E-state index is 12.1. The van der Waals surface area contributed by atoms with E-state index in [-0.39, 0.29) is 12.5 Å². The molecule has 2 heterocycles. The molecule has 0 spiro atoms. The van der Waals surface area contributed by atoms with E-state index in [0.717, 1.165) is 31.5 Å². The molecule has 3 N–H and O–H groups in total. The summed E-state index contributed by atoms with van der Waals surface area (Å²) in [5.41, 5.74) is 3.04. The second-order valence-corrected chi connectivity index (χ2v) is 6.38. The molecule has 2 aromatic rings. The zero-order valence-corrected chi connectivity index (χ0v) is 14.0. The summed E-state index contributed by atoms with van der Waals surface area (Å²) < 4.78 is 0. The number of rotatable bonds is 5. The number of H-pyrrole nitrogens is 1. The molecule has 6 nitrogen and oxygen atoms in total. The van der Waals surface area contributed by atoms with Gasteiger partial charge in [-0.05, 0) is 42.5 Å². The van der Waals surface area contributed by atoms with Crippen LogP contribution in [-0.4, -0.2) is 35.7 Å². The Morgan fingerprint density at radius 3 is 2.64 bits per heavy atom. The Balaban J connectivity index is 1.52. The van der Waals surface area contributed by atoms with Crippen molar-refractivity contribution in [2.75, 3.05) is 24.6 Å². The molecule has 3 rings (SSSR count). The molecule has 130 valence electrons. The summed E-state index contributed by atoms with van der Waals surface area (Å²) in [6.07, 6.45) is 3.58. The molecule has 1 aromatic carbocycles. The Labute approximate surface area is 147 Å². The lowest BCUT2D eigenvalue weighted by molar-refractivity contribution is 0.0951. The van der Waals surface area contributed by atoms with E-state index in [1.807, 2.05) is 18.2 Å². The number of anilines is 1. The smallest absolute Gasteiger partial charge is 0.253 e. The minimum atomic E-state index is -0.201. The summed E-state index contributed by atoms with van der Waals surface area (Å²) >= 11 is 0. The topological polar surface area (TPSA) is 92.2 Å². The monoisotopic (exact) mass is 338 g/mol. The van der Waals surface area contributed by atoms with Crippen LogP contribution in [0.5, 0.6) is 0 Å². The third-order valence-electron chi connectivity index (χ3n) is 4.69. The van der Waals surface area contributed by atoms with Crippen LogP contribution < -0.4 is 10.2 Å². The third-order valence-corrected chi connectivity index (χ3v) is 4.69. The largest absolute Gasteiger partial charge is 0.396 e. The van der Waals surface area contributed by atoms with Crippen molar-refractivity contribution < 1.29 is 9.90 Å². The van der Waals surface area contributed by atoms with E-state index in [2.05, 4.69) is 27.3 Å². The molecular formula is C19H22N4O2. The number of aromatic amines is 1. The number of nitriles is 1. The zero-order chi connectivity index (χ0) is 17.6. The van der Waals surface area contributed by atoms with Crippen molar-refractivity contribution in [2.45, 2.75) is 19.4 Å². The number of benzene rings is 1. The first-order valence-electron chi connectivity index (χ1n) is 8.51. The molecular weight excluding hydrogens is 316 g/mol. The van der Waals surface area contributed by atoms with E-state index in [9.17, 15) is 9.90 Å². The normalized spacial score (nSPS) is 15.0. The maximum atomic E-state index is 12.1. The number of hydrogen-bond donors (Lipinski definition) is 3. The third kappa shape index (κ3) is 4.20. The number of amides is 1. The fourth-order valence-corrected chi connectivity index (χ4v) is 3.07. The second kappa shape index (κ2) is 7.86. The van der Waals surface area contributed by atoms with E-state index in [4.69, 9.17) is 5.26 Å². The highest BCUT2D eigenvalue weighted by atomic mass is 16.3. The van der Waals surface area contributed by atoms with Crippen LogP contribution in [-0.2, 0) is 6.54 Å². The molecule has 1 saturated heterocycles. The predicted molar refractivity (Wildman–Crippen MR) is 95.1 cm³/mol. The summed E-state index contributed by atoms with van der Waals surface area (Å²) in [6.45, 7) is 2.66. The average molecular weight is 338 g/mol. The Bertz CT molecular complexity index is 752. The number of carbonyl (C=O) groups excluding carboxylic acids is 1. The lowest BCUT2D eigenvalue weighted by atomic mass is 9.97.